The smallest absolute Gasteiger partial charge is 0.310 e. The summed E-state index contributed by atoms with van der Waals surface area (Å²) in [4.78, 5) is 24.4. The Bertz CT molecular complexity index is 576. The fraction of sp³-hybridized carbons (Fsp3) is 0.467. The van der Waals surface area contributed by atoms with E-state index in [9.17, 15) is 19.1 Å². The fourth-order valence-corrected chi connectivity index (χ4v) is 2.74. The number of nitrogens with zero attached hydrogens (tertiary/aromatic N) is 1. The van der Waals surface area contributed by atoms with Crippen molar-refractivity contribution in [2.45, 2.75) is 26.3 Å². The molecule has 1 unspecified atom stereocenters. The first-order valence-corrected chi connectivity index (χ1v) is 6.86. The second-order valence-electron chi connectivity index (χ2n) is 5.85. The highest BCUT2D eigenvalue weighted by Gasteiger charge is 2.37. The van der Waals surface area contributed by atoms with E-state index in [4.69, 9.17) is 5.73 Å². The van der Waals surface area contributed by atoms with Gasteiger partial charge in [0.25, 0.3) is 0 Å². The van der Waals surface area contributed by atoms with E-state index in [1.807, 2.05) is 4.90 Å². The molecule has 1 fully saturated rings. The number of carbonyl (C=O) groups is 2. The third kappa shape index (κ3) is 3.39. The quantitative estimate of drug-likeness (QED) is 0.883. The molecule has 1 aliphatic heterocycles. The molecule has 0 radical (unpaired) electrons. The molecule has 0 spiro atoms. The molecule has 1 heterocycles. The topological polar surface area (TPSA) is 83.6 Å². The lowest BCUT2D eigenvalue weighted by molar-refractivity contribution is -0.151. The summed E-state index contributed by atoms with van der Waals surface area (Å²) in [6, 6.07) is 4.00. The molecule has 0 aliphatic carbocycles. The first-order chi connectivity index (χ1) is 9.82. The minimum atomic E-state index is -0.835. The van der Waals surface area contributed by atoms with E-state index in [2.05, 4.69) is 0 Å². The molecule has 6 heteroatoms. The van der Waals surface area contributed by atoms with E-state index in [1.54, 1.807) is 6.92 Å². The van der Waals surface area contributed by atoms with Gasteiger partial charge in [0, 0.05) is 24.2 Å². The second-order valence-corrected chi connectivity index (χ2v) is 5.85. The summed E-state index contributed by atoms with van der Waals surface area (Å²) >= 11 is 0. The van der Waals surface area contributed by atoms with E-state index in [-0.39, 0.29) is 12.1 Å². The highest BCUT2D eigenvalue weighted by atomic mass is 19.1. The zero-order valence-electron chi connectivity index (χ0n) is 11.9. The summed E-state index contributed by atoms with van der Waals surface area (Å²) in [5, 5.41) is 9.29. The van der Waals surface area contributed by atoms with Gasteiger partial charge in [-0.3, -0.25) is 14.5 Å². The van der Waals surface area contributed by atoms with Gasteiger partial charge in [-0.25, -0.2) is 4.39 Å². The summed E-state index contributed by atoms with van der Waals surface area (Å²) < 4.78 is 13.8. The van der Waals surface area contributed by atoms with Crippen molar-refractivity contribution in [1.29, 1.82) is 0 Å². The first kappa shape index (κ1) is 15.4. The third-order valence-electron chi connectivity index (χ3n) is 4.02. The van der Waals surface area contributed by atoms with Crippen LogP contribution in [-0.4, -0.2) is 35.0 Å². The molecule has 0 aromatic heterocycles. The number of piperidine rings is 1. The minimum Gasteiger partial charge on any atom is -0.481 e. The highest BCUT2D eigenvalue weighted by Crippen LogP contribution is 2.30. The Morgan fingerprint density at radius 1 is 1.48 bits per heavy atom. The van der Waals surface area contributed by atoms with E-state index in [0.717, 1.165) is 6.42 Å². The molecular formula is C15H19FN2O3. The predicted molar refractivity (Wildman–Crippen MR) is 75.2 cm³/mol. The number of likely N-dealkylation sites (tertiary alicyclic amines) is 1. The largest absolute Gasteiger partial charge is 0.481 e. The van der Waals surface area contributed by atoms with Crippen molar-refractivity contribution in [3.05, 3.63) is 35.1 Å². The summed E-state index contributed by atoms with van der Waals surface area (Å²) in [5.41, 5.74) is 5.00. The number of halogens is 1. The number of aliphatic carboxylic acids is 1. The number of rotatable bonds is 4. The van der Waals surface area contributed by atoms with Crippen LogP contribution in [0.3, 0.4) is 0 Å². The Hall–Kier alpha value is -1.95. The Labute approximate surface area is 122 Å². The van der Waals surface area contributed by atoms with Gasteiger partial charge in [0.05, 0.1) is 5.41 Å². The van der Waals surface area contributed by atoms with Crippen LogP contribution < -0.4 is 5.73 Å². The predicted octanol–water partition coefficient (Wildman–Crippen LogP) is 1.61. The maximum atomic E-state index is 13.8. The summed E-state index contributed by atoms with van der Waals surface area (Å²) in [6.45, 7) is 3.05. The van der Waals surface area contributed by atoms with Crippen molar-refractivity contribution in [1.82, 2.24) is 4.90 Å². The van der Waals surface area contributed by atoms with Crippen LogP contribution in [0.2, 0.25) is 0 Å². The number of carboxylic acid groups (broad SMARTS) is 1. The summed E-state index contributed by atoms with van der Waals surface area (Å²) in [7, 11) is 0. The molecule has 21 heavy (non-hydrogen) atoms. The average molecular weight is 294 g/mol. The van der Waals surface area contributed by atoms with Crippen LogP contribution in [0.1, 0.15) is 35.7 Å². The number of hydrogen-bond donors (Lipinski definition) is 2. The van der Waals surface area contributed by atoms with E-state index < -0.39 is 23.1 Å². The number of amides is 1. The van der Waals surface area contributed by atoms with Crippen molar-refractivity contribution >= 4 is 11.9 Å². The van der Waals surface area contributed by atoms with Crippen molar-refractivity contribution in [3.8, 4) is 0 Å². The van der Waals surface area contributed by atoms with Crippen LogP contribution in [0.4, 0.5) is 4.39 Å². The first-order valence-electron chi connectivity index (χ1n) is 6.86. The number of hydrogen-bond acceptors (Lipinski definition) is 3. The normalized spacial score (nSPS) is 23.0. The molecule has 1 amide bonds. The molecular weight excluding hydrogens is 275 g/mol. The monoisotopic (exact) mass is 294 g/mol. The van der Waals surface area contributed by atoms with Crippen LogP contribution in [0.15, 0.2) is 18.2 Å². The van der Waals surface area contributed by atoms with Crippen LogP contribution in [0.5, 0.6) is 0 Å². The fourth-order valence-electron chi connectivity index (χ4n) is 2.74. The number of primary amides is 1. The lowest BCUT2D eigenvalue weighted by atomic mass is 9.82. The van der Waals surface area contributed by atoms with Gasteiger partial charge in [0.1, 0.15) is 5.82 Å². The molecule has 2 rings (SSSR count). The van der Waals surface area contributed by atoms with Gasteiger partial charge in [-0.15, -0.1) is 0 Å². The molecule has 1 aliphatic rings. The van der Waals surface area contributed by atoms with Crippen molar-refractivity contribution < 1.29 is 19.1 Å². The van der Waals surface area contributed by atoms with Gasteiger partial charge in [-0.1, -0.05) is 0 Å². The molecule has 3 N–H and O–H groups in total. The Morgan fingerprint density at radius 2 is 2.19 bits per heavy atom. The third-order valence-corrected chi connectivity index (χ3v) is 4.02. The molecule has 1 aromatic rings. The second kappa shape index (κ2) is 5.81. The lowest BCUT2D eigenvalue weighted by Gasteiger charge is -2.37. The van der Waals surface area contributed by atoms with Gasteiger partial charge in [0.15, 0.2) is 0 Å². The van der Waals surface area contributed by atoms with E-state index in [1.165, 1.54) is 18.2 Å². The summed E-state index contributed by atoms with van der Waals surface area (Å²) in [6.07, 6.45) is 1.36. The van der Waals surface area contributed by atoms with Crippen molar-refractivity contribution in [2.75, 3.05) is 13.1 Å². The molecule has 0 saturated carbocycles. The minimum absolute atomic E-state index is 0.254. The number of benzene rings is 1. The lowest BCUT2D eigenvalue weighted by Crippen LogP contribution is -2.45. The molecule has 114 valence electrons. The molecule has 1 saturated heterocycles. The van der Waals surface area contributed by atoms with E-state index in [0.29, 0.717) is 25.1 Å². The van der Waals surface area contributed by atoms with Gasteiger partial charge in [-0.05, 0) is 44.5 Å². The van der Waals surface area contributed by atoms with Crippen LogP contribution in [0.25, 0.3) is 0 Å². The van der Waals surface area contributed by atoms with Crippen molar-refractivity contribution in [3.63, 3.8) is 0 Å². The Morgan fingerprint density at radius 3 is 2.81 bits per heavy atom. The maximum Gasteiger partial charge on any atom is 0.310 e. The average Bonchev–Trinajstić information content (AvgIpc) is 2.41. The van der Waals surface area contributed by atoms with Gasteiger partial charge in [0.2, 0.25) is 5.91 Å². The van der Waals surface area contributed by atoms with Crippen LogP contribution >= 0.6 is 0 Å². The Balaban J connectivity index is 2.16. The van der Waals surface area contributed by atoms with Crippen LogP contribution in [-0.2, 0) is 11.3 Å². The number of nitrogens with two attached hydrogens (primary N) is 1. The maximum absolute atomic E-state index is 13.8. The van der Waals surface area contributed by atoms with Crippen molar-refractivity contribution in [2.24, 2.45) is 11.1 Å². The zero-order chi connectivity index (χ0) is 15.6. The number of carbonyl (C=O) groups excluding carboxylic acids is 1. The van der Waals surface area contributed by atoms with E-state index >= 15 is 0 Å². The van der Waals surface area contributed by atoms with Gasteiger partial charge in [-0.2, -0.15) is 0 Å². The van der Waals surface area contributed by atoms with Gasteiger partial charge < -0.3 is 10.8 Å². The molecule has 5 nitrogen and oxygen atoms in total. The summed E-state index contributed by atoms with van der Waals surface area (Å²) in [5.74, 6) is -1.86. The number of carboxylic acids is 1. The highest BCUT2D eigenvalue weighted by molar-refractivity contribution is 5.92. The molecule has 1 aromatic carbocycles. The molecule has 0 bridgehead atoms. The van der Waals surface area contributed by atoms with Gasteiger partial charge >= 0.3 is 5.97 Å². The zero-order valence-corrected chi connectivity index (χ0v) is 11.9. The standard InChI is InChI=1S/C15H19FN2O3/c1-15(14(20)21)5-2-6-18(9-15)8-11-7-10(13(17)19)3-4-12(11)16/h3-4,7H,2,5-6,8-9H2,1H3,(H2,17,19)(H,20,21). The Kier molecular flexibility index (Phi) is 4.27. The SMILES string of the molecule is CC1(C(=O)O)CCCN(Cc2cc(C(N)=O)ccc2F)C1. The van der Waals surface area contributed by atoms with Crippen LogP contribution in [0, 0.1) is 11.2 Å². The molecule has 1 atom stereocenters.